The monoisotopic (exact) mass is 736 g/mol. The number of aromatic nitrogens is 6. The highest BCUT2D eigenvalue weighted by Crippen LogP contribution is 2.43. The lowest BCUT2D eigenvalue weighted by molar-refractivity contribution is 0.230. The third-order valence-electron chi connectivity index (χ3n) is 10.4. The Kier molecular flexibility index (Phi) is 10.2. The molecule has 0 spiro atoms. The van der Waals surface area contributed by atoms with Gasteiger partial charge in [-0.2, -0.15) is 0 Å². The molecule has 1 N–H and O–H groups in total. The van der Waals surface area contributed by atoms with Crippen LogP contribution in [-0.4, -0.2) is 54.8 Å². The van der Waals surface area contributed by atoms with Crippen LogP contribution in [-0.2, 0) is 18.5 Å². The quantitative estimate of drug-likeness (QED) is 0.126. The number of tetrazole rings is 1. The van der Waals surface area contributed by atoms with Crippen LogP contribution in [0.15, 0.2) is 158 Å². The molecule has 0 fully saturated rings. The Hall–Kier alpha value is -6.87. The number of amides is 2. The van der Waals surface area contributed by atoms with Crippen LogP contribution in [0.4, 0.5) is 10.5 Å². The molecule has 2 amide bonds. The lowest BCUT2D eigenvalue weighted by Crippen LogP contribution is -2.39. The van der Waals surface area contributed by atoms with Gasteiger partial charge < -0.3 is 14.8 Å². The van der Waals surface area contributed by atoms with E-state index in [1.165, 1.54) is 4.90 Å². The molecule has 0 saturated carbocycles. The number of carbonyl (C=O) groups is 1. The number of hydrogen-bond acceptors (Lipinski definition) is 5. The lowest BCUT2D eigenvalue weighted by Gasteiger charge is -2.36. The van der Waals surface area contributed by atoms with Crippen molar-refractivity contribution in [2.75, 3.05) is 19.4 Å². The van der Waals surface area contributed by atoms with E-state index < -0.39 is 5.54 Å². The number of hydrogen-bond donors (Lipinski definition) is 1. The van der Waals surface area contributed by atoms with Gasteiger partial charge in [0.05, 0.1) is 11.0 Å². The number of carbonyl (C=O) groups excluding carboxylic acids is 1. The van der Waals surface area contributed by atoms with E-state index in [0.29, 0.717) is 12.4 Å². The van der Waals surface area contributed by atoms with Gasteiger partial charge in [-0.05, 0) is 68.4 Å². The topological polar surface area (TPSA) is 93.8 Å². The van der Waals surface area contributed by atoms with Crippen LogP contribution in [0, 0.1) is 0 Å². The molecular formula is C47H44N8O. The average Bonchev–Trinajstić information content (AvgIpc) is 3.87. The van der Waals surface area contributed by atoms with Crippen LogP contribution in [0.5, 0.6) is 0 Å². The fraction of sp³-hybridized carbons (Fsp3) is 0.170. The molecule has 9 heteroatoms. The third-order valence-corrected chi connectivity index (χ3v) is 10.4. The molecule has 0 aliphatic rings. The highest BCUT2D eigenvalue weighted by molar-refractivity contribution is 5.92. The Labute approximate surface area is 327 Å². The standard InChI is InChI=1S/C47H44N8O/c1-4-5-25-44-49-42-31-30-39(48-46(56)53(2)3)32-43(42)54(44)33-34-26-28-35(29-27-34)40-23-15-16-24-41(40)45-50-51-52-55(45)47(36-17-9-6-10-18-36,37-19-11-7-12-20-37)38-21-13-8-14-22-38/h6-24,26-32H,4-5,25,33H2,1-3H3,(H,48,56). The molecule has 0 saturated heterocycles. The molecule has 0 atom stereocenters. The van der Waals surface area contributed by atoms with E-state index in [-0.39, 0.29) is 6.03 Å². The Morgan fingerprint density at radius 1 is 0.714 bits per heavy atom. The van der Waals surface area contributed by atoms with E-state index in [0.717, 1.165) is 80.8 Å². The summed E-state index contributed by atoms with van der Waals surface area (Å²) in [4.78, 5) is 19.0. The van der Waals surface area contributed by atoms with Crippen molar-refractivity contribution in [1.29, 1.82) is 0 Å². The highest BCUT2D eigenvalue weighted by Gasteiger charge is 2.42. The normalized spacial score (nSPS) is 11.5. The zero-order valence-corrected chi connectivity index (χ0v) is 31.9. The summed E-state index contributed by atoms with van der Waals surface area (Å²) in [7, 11) is 3.47. The predicted octanol–water partition coefficient (Wildman–Crippen LogP) is 9.68. The molecule has 278 valence electrons. The maximum Gasteiger partial charge on any atom is 0.321 e. The van der Waals surface area contributed by atoms with Crippen molar-refractivity contribution in [3.05, 3.63) is 186 Å². The lowest BCUT2D eigenvalue weighted by atomic mass is 9.77. The van der Waals surface area contributed by atoms with Gasteiger partial charge in [-0.25, -0.2) is 14.5 Å². The summed E-state index contributed by atoms with van der Waals surface area (Å²) in [6.07, 6.45) is 3.00. The second-order valence-corrected chi connectivity index (χ2v) is 14.2. The number of anilines is 1. The van der Waals surface area contributed by atoms with Crippen LogP contribution >= 0.6 is 0 Å². The van der Waals surface area contributed by atoms with Crippen molar-refractivity contribution in [3.63, 3.8) is 0 Å². The predicted molar refractivity (Wildman–Crippen MR) is 223 cm³/mol. The molecule has 0 aliphatic heterocycles. The first-order valence-electron chi connectivity index (χ1n) is 19.1. The van der Waals surface area contributed by atoms with Gasteiger partial charge in [-0.15, -0.1) is 5.10 Å². The molecule has 0 radical (unpaired) electrons. The van der Waals surface area contributed by atoms with Gasteiger partial charge in [0.25, 0.3) is 0 Å². The first-order valence-corrected chi connectivity index (χ1v) is 19.1. The van der Waals surface area contributed by atoms with E-state index in [1.54, 1.807) is 14.1 Å². The summed E-state index contributed by atoms with van der Waals surface area (Å²) in [5.41, 5.74) is 9.07. The zero-order chi connectivity index (χ0) is 38.5. The summed E-state index contributed by atoms with van der Waals surface area (Å²) in [5, 5.41) is 16.9. The van der Waals surface area contributed by atoms with Gasteiger partial charge >= 0.3 is 6.03 Å². The van der Waals surface area contributed by atoms with Crippen molar-refractivity contribution in [2.24, 2.45) is 0 Å². The number of fused-ring (bicyclic) bond motifs is 1. The van der Waals surface area contributed by atoms with Crippen molar-refractivity contribution in [3.8, 4) is 22.5 Å². The SMILES string of the molecule is CCCCc1nc2ccc(NC(=O)N(C)C)cc2n1Cc1ccc(-c2ccccc2-c2nnnn2C(c2ccccc2)(c2ccccc2)c2ccccc2)cc1. The van der Waals surface area contributed by atoms with Crippen molar-refractivity contribution >= 4 is 22.8 Å². The van der Waals surface area contributed by atoms with Gasteiger partial charge in [0.1, 0.15) is 11.4 Å². The molecule has 56 heavy (non-hydrogen) atoms. The van der Waals surface area contributed by atoms with Gasteiger partial charge in [0, 0.05) is 38.3 Å². The smallest absolute Gasteiger partial charge is 0.321 e. The maximum atomic E-state index is 12.5. The van der Waals surface area contributed by atoms with Crippen LogP contribution < -0.4 is 5.32 Å². The third kappa shape index (κ3) is 6.84. The minimum Gasteiger partial charge on any atom is -0.331 e. The summed E-state index contributed by atoms with van der Waals surface area (Å²) in [5.74, 6) is 1.70. The molecule has 8 rings (SSSR count). The van der Waals surface area contributed by atoms with Crippen molar-refractivity contribution < 1.29 is 4.79 Å². The van der Waals surface area contributed by atoms with Crippen LogP contribution in [0.25, 0.3) is 33.5 Å². The molecule has 2 aromatic heterocycles. The largest absolute Gasteiger partial charge is 0.331 e. The Morgan fingerprint density at radius 2 is 1.30 bits per heavy atom. The number of imidazole rings is 1. The molecule has 0 bridgehead atoms. The van der Waals surface area contributed by atoms with Gasteiger partial charge in [-0.3, -0.25) is 0 Å². The van der Waals surface area contributed by atoms with Crippen LogP contribution in [0.1, 0.15) is 47.8 Å². The van der Waals surface area contributed by atoms with E-state index in [1.807, 2.05) is 47.1 Å². The second kappa shape index (κ2) is 15.8. The van der Waals surface area contributed by atoms with Crippen LogP contribution in [0.3, 0.4) is 0 Å². The average molecular weight is 737 g/mol. The fourth-order valence-electron chi connectivity index (χ4n) is 7.58. The van der Waals surface area contributed by atoms with E-state index in [4.69, 9.17) is 15.3 Å². The second-order valence-electron chi connectivity index (χ2n) is 14.2. The number of nitrogens with one attached hydrogen (secondary N) is 1. The van der Waals surface area contributed by atoms with Gasteiger partial charge in [0.15, 0.2) is 5.82 Å². The fourth-order valence-corrected chi connectivity index (χ4v) is 7.58. The summed E-state index contributed by atoms with van der Waals surface area (Å²) in [6.45, 7) is 2.84. The van der Waals surface area contributed by atoms with Gasteiger partial charge in [-0.1, -0.05) is 153 Å². The highest BCUT2D eigenvalue weighted by atomic mass is 16.2. The van der Waals surface area contributed by atoms with Gasteiger partial charge in [0.2, 0.25) is 0 Å². The molecule has 6 aromatic carbocycles. The Balaban J connectivity index is 1.20. The summed E-state index contributed by atoms with van der Waals surface area (Å²) in [6, 6.07) is 54.2. The number of rotatable bonds is 12. The number of unbranched alkanes of at least 4 members (excludes halogenated alkanes) is 1. The maximum absolute atomic E-state index is 12.5. The van der Waals surface area contributed by atoms with Crippen molar-refractivity contribution in [2.45, 2.75) is 38.3 Å². The number of urea groups is 1. The van der Waals surface area contributed by atoms with Crippen LogP contribution in [0.2, 0.25) is 0 Å². The first-order chi connectivity index (χ1) is 27.5. The molecule has 9 nitrogen and oxygen atoms in total. The summed E-state index contributed by atoms with van der Waals surface area (Å²) >= 11 is 0. The number of aryl methyl sites for hydroxylation is 1. The van der Waals surface area contributed by atoms with E-state index in [2.05, 4.69) is 137 Å². The molecule has 2 heterocycles. The number of nitrogens with zero attached hydrogens (tertiary/aromatic N) is 7. The minimum absolute atomic E-state index is 0.169. The Bertz CT molecular complexity index is 2460. The minimum atomic E-state index is -0.863. The van der Waals surface area contributed by atoms with E-state index in [9.17, 15) is 4.79 Å². The molecule has 8 aromatic rings. The Morgan fingerprint density at radius 3 is 1.89 bits per heavy atom. The summed E-state index contributed by atoms with van der Waals surface area (Å²) < 4.78 is 4.27. The number of benzene rings is 6. The molecular weight excluding hydrogens is 693 g/mol. The molecule has 0 aliphatic carbocycles. The zero-order valence-electron chi connectivity index (χ0n) is 31.9. The van der Waals surface area contributed by atoms with E-state index >= 15 is 0 Å². The molecule has 0 unspecified atom stereocenters. The van der Waals surface area contributed by atoms with Crippen molar-refractivity contribution in [1.82, 2.24) is 34.7 Å². The first kappa shape index (κ1) is 36.1.